The molecule has 2 bridgehead atoms. The van der Waals surface area contributed by atoms with E-state index in [-0.39, 0.29) is 24.2 Å². The number of benzene rings is 2. The number of aliphatic hydroxyl groups is 4. The Bertz CT molecular complexity index is 1960. The van der Waals surface area contributed by atoms with Gasteiger partial charge in [0, 0.05) is 36.7 Å². The summed E-state index contributed by atoms with van der Waals surface area (Å²) in [6, 6.07) is 16.4. The Labute approximate surface area is 341 Å². The zero-order valence-corrected chi connectivity index (χ0v) is 36.1. The minimum absolute atomic E-state index is 0.0300. The first kappa shape index (κ1) is 43.8. The van der Waals surface area contributed by atoms with E-state index in [1.54, 1.807) is 75.4 Å². The fraction of sp³-hybridized carbons (Fsp3) is 0.591. The summed E-state index contributed by atoms with van der Waals surface area (Å²) in [5.41, 5.74) is -6.07. The second-order valence-corrected chi connectivity index (χ2v) is 23.6. The molecule has 0 aromatic heterocycles. The van der Waals surface area contributed by atoms with Gasteiger partial charge in [-0.3, -0.25) is 14.4 Å². The monoisotopic (exact) mass is 821 g/mol. The third kappa shape index (κ3) is 6.87. The molecule has 2 saturated carbocycles. The van der Waals surface area contributed by atoms with Crippen molar-refractivity contribution in [3.05, 3.63) is 82.9 Å². The van der Waals surface area contributed by atoms with Gasteiger partial charge in [-0.05, 0) is 60.8 Å². The summed E-state index contributed by atoms with van der Waals surface area (Å²) >= 11 is 0. The molecule has 1 heterocycles. The third-order valence-electron chi connectivity index (χ3n) is 14.2. The first-order chi connectivity index (χ1) is 26.8. The summed E-state index contributed by atoms with van der Waals surface area (Å²) in [7, 11) is -2.83. The van der Waals surface area contributed by atoms with Crippen molar-refractivity contribution in [2.45, 2.75) is 140 Å². The molecule has 0 spiro atoms. The number of fused-ring (bicyclic) bond motifs is 5. The second kappa shape index (κ2) is 15.1. The molecule has 3 fully saturated rings. The first-order valence-electron chi connectivity index (χ1n) is 20.0. The number of rotatable bonds is 9. The average molecular weight is 822 g/mol. The molecule has 5 unspecified atom stereocenters. The predicted octanol–water partition coefficient (Wildman–Crippen LogP) is 4.33. The second-order valence-electron chi connectivity index (χ2n) is 18.9. The molecule has 5 N–H and O–H groups in total. The lowest BCUT2D eigenvalue weighted by Gasteiger charge is -2.67. The highest BCUT2D eigenvalue weighted by atomic mass is 28.4. The number of hydrogen-bond donors (Lipinski definition) is 5. The van der Waals surface area contributed by atoms with Crippen LogP contribution in [0.25, 0.3) is 0 Å². The van der Waals surface area contributed by atoms with Crippen molar-refractivity contribution in [3.63, 3.8) is 0 Å². The highest BCUT2D eigenvalue weighted by Gasteiger charge is 2.76. The van der Waals surface area contributed by atoms with Gasteiger partial charge < -0.3 is 44.4 Å². The van der Waals surface area contributed by atoms with Crippen LogP contribution in [0, 0.1) is 16.7 Å². The fourth-order valence-corrected chi connectivity index (χ4v) is 10.9. The molecular weight excluding hydrogens is 763 g/mol. The molecule has 0 radical (unpaired) electrons. The number of nitrogens with one attached hydrogen (secondary N) is 1. The van der Waals surface area contributed by atoms with Gasteiger partial charge in [-0.25, -0.2) is 4.79 Å². The lowest BCUT2D eigenvalue weighted by Crippen LogP contribution is -2.81. The van der Waals surface area contributed by atoms with E-state index in [1.165, 1.54) is 13.8 Å². The van der Waals surface area contributed by atoms with Crippen LogP contribution in [-0.2, 0) is 33.0 Å². The zero-order valence-electron chi connectivity index (χ0n) is 35.1. The third-order valence-corrected chi connectivity index (χ3v) is 18.7. The van der Waals surface area contributed by atoms with Crippen LogP contribution in [-0.4, -0.2) is 107 Å². The largest absolute Gasteiger partial charge is 0.456 e. The van der Waals surface area contributed by atoms with Crippen LogP contribution < -0.4 is 5.32 Å². The van der Waals surface area contributed by atoms with Crippen LogP contribution in [0.3, 0.4) is 0 Å². The molecule has 1 aliphatic heterocycles. The number of hydrogen-bond acceptors (Lipinski definition) is 12. The number of amides is 1. The van der Waals surface area contributed by atoms with Gasteiger partial charge in [0.2, 0.25) is 0 Å². The van der Waals surface area contributed by atoms with Crippen LogP contribution in [0.1, 0.15) is 90.2 Å². The summed E-state index contributed by atoms with van der Waals surface area (Å²) in [5, 5.41) is 52.1. The van der Waals surface area contributed by atoms with Crippen molar-refractivity contribution in [2.24, 2.45) is 16.7 Å². The van der Waals surface area contributed by atoms with Gasteiger partial charge in [0.25, 0.3) is 5.91 Å². The molecule has 1 amide bonds. The zero-order chi connectivity index (χ0) is 43.0. The maximum Gasteiger partial charge on any atom is 0.337 e. The quantitative estimate of drug-likeness (QED) is 0.137. The van der Waals surface area contributed by atoms with Crippen molar-refractivity contribution < 1.29 is 58.2 Å². The highest BCUT2D eigenvalue weighted by molar-refractivity contribution is 6.74. The fourth-order valence-electron chi connectivity index (χ4n) is 9.66. The molecule has 316 valence electrons. The van der Waals surface area contributed by atoms with E-state index in [0.29, 0.717) is 11.1 Å². The lowest BCUT2D eigenvalue weighted by atomic mass is 9.44. The van der Waals surface area contributed by atoms with Gasteiger partial charge in [0.1, 0.15) is 23.9 Å². The molecule has 3 aliphatic carbocycles. The Kier molecular flexibility index (Phi) is 11.4. The molecule has 11 atom stereocenters. The Morgan fingerprint density at radius 2 is 1.55 bits per heavy atom. The number of carbonyl (C=O) groups excluding carboxylic acids is 4. The van der Waals surface area contributed by atoms with Gasteiger partial charge in [0.05, 0.1) is 30.3 Å². The van der Waals surface area contributed by atoms with Crippen LogP contribution in [0.15, 0.2) is 71.8 Å². The molecule has 2 aromatic rings. The number of ether oxygens (including phenoxy) is 3. The number of carbonyl (C=O) groups is 4. The lowest BCUT2D eigenvalue weighted by molar-refractivity contribution is -0.346. The van der Waals surface area contributed by atoms with E-state index in [1.807, 2.05) is 39.9 Å². The standard InChI is InChI=1S/C44H59NO12Si/c1-24-28(55-39(52)34(57-58(9,10)40(3,4)5)32(26-17-13-11-14-18-26)45-38(51)27-19-15-12-16-20-27)22-44(53)37(50)35-42(8,36(49)33(48)31(24)41(44,6)7)29(47)21-30-43(35,23-54-30)56-25(2)46/h11-20,28-30,32-35,37,47-48,50,53H,21-23H2,1-10H3,(H,45,51)/t28-,29?,30?,32-,33?,34+,35-,37-,42?,43-,44?/m0/s1. The predicted molar refractivity (Wildman–Crippen MR) is 215 cm³/mol. The van der Waals surface area contributed by atoms with Crippen LogP contribution in [0.4, 0.5) is 0 Å². The van der Waals surface area contributed by atoms with Gasteiger partial charge in [-0.1, -0.05) is 83.1 Å². The molecule has 4 aliphatic rings. The molecule has 13 nitrogen and oxygen atoms in total. The van der Waals surface area contributed by atoms with Crippen molar-refractivity contribution >= 4 is 31.9 Å². The Morgan fingerprint density at radius 3 is 2.09 bits per heavy atom. The number of esters is 2. The topological polar surface area (TPSA) is 198 Å². The summed E-state index contributed by atoms with van der Waals surface area (Å²) < 4.78 is 24.9. The summed E-state index contributed by atoms with van der Waals surface area (Å²) in [4.78, 5) is 56.1. The first-order valence-corrected chi connectivity index (χ1v) is 22.9. The van der Waals surface area contributed by atoms with E-state index in [0.717, 1.165) is 0 Å². The highest BCUT2D eigenvalue weighted by Crippen LogP contribution is 2.63. The molecular formula is C44H59NO12Si. The van der Waals surface area contributed by atoms with Gasteiger partial charge >= 0.3 is 11.9 Å². The van der Waals surface area contributed by atoms with E-state index in [9.17, 15) is 39.6 Å². The van der Waals surface area contributed by atoms with Gasteiger partial charge in [-0.2, -0.15) is 0 Å². The molecule has 14 heteroatoms. The van der Waals surface area contributed by atoms with Crippen molar-refractivity contribution in [1.82, 2.24) is 5.32 Å². The van der Waals surface area contributed by atoms with E-state index >= 15 is 0 Å². The van der Waals surface area contributed by atoms with Crippen molar-refractivity contribution in [3.8, 4) is 0 Å². The van der Waals surface area contributed by atoms with Crippen LogP contribution in [0.2, 0.25) is 18.1 Å². The normalized spacial score (nSPS) is 34.2. The summed E-state index contributed by atoms with van der Waals surface area (Å²) in [6.07, 6.45) is -9.42. The molecule has 58 heavy (non-hydrogen) atoms. The SMILES string of the molecule is CC(=O)O[C@@]12COC1CC(O)C1(C)C(=O)C(O)C3=C(C)[C@@H](OC(=O)[C@H](O[Si](C)(C)C(C)(C)C)[C@@H](NC(=O)c4ccccc4)c4ccccc4)CC(O)([C@@H](O)[C@@H]12)C3(C)C. The van der Waals surface area contributed by atoms with Gasteiger partial charge in [0.15, 0.2) is 25.8 Å². The average Bonchev–Trinajstić information content (AvgIpc) is 3.14. The Balaban J connectivity index is 1.47. The minimum atomic E-state index is -2.83. The molecule has 2 aromatic carbocycles. The van der Waals surface area contributed by atoms with E-state index < -0.39 is 114 Å². The maximum absolute atomic E-state index is 15.0. The molecule has 1 saturated heterocycles. The summed E-state index contributed by atoms with van der Waals surface area (Å²) in [5.74, 6) is -4.34. The number of Topliss-reactive ketones (excluding diaryl/α,β-unsaturated/α-hetero) is 1. The van der Waals surface area contributed by atoms with Crippen LogP contribution in [0.5, 0.6) is 0 Å². The smallest absolute Gasteiger partial charge is 0.337 e. The van der Waals surface area contributed by atoms with E-state index in [2.05, 4.69) is 5.32 Å². The van der Waals surface area contributed by atoms with Crippen molar-refractivity contribution in [2.75, 3.05) is 6.61 Å². The van der Waals surface area contributed by atoms with Crippen LogP contribution >= 0.6 is 0 Å². The van der Waals surface area contributed by atoms with Gasteiger partial charge in [-0.15, -0.1) is 0 Å². The summed E-state index contributed by atoms with van der Waals surface area (Å²) in [6.45, 7) is 17.1. The number of ketones is 1. The van der Waals surface area contributed by atoms with Crippen molar-refractivity contribution in [1.29, 1.82) is 0 Å². The minimum Gasteiger partial charge on any atom is -0.456 e. The maximum atomic E-state index is 15.0. The Morgan fingerprint density at radius 1 is 0.966 bits per heavy atom. The molecule has 6 rings (SSSR count). The Hall–Kier alpha value is -3.76. The number of aliphatic hydroxyl groups excluding tert-OH is 3. The van der Waals surface area contributed by atoms with E-state index in [4.69, 9.17) is 18.6 Å².